The zero-order chi connectivity index (χ0) is 37.6. The average molecular weight is 731 g/mol. The van der Waals surface area contributed by atoms with E-state index in [9.17, 15) is 27.2 Å². The molecular weight excluding hydrogens is 696 g/mol. The number of nitrogens with zero attached hydrogens (tertiary/aromatic N) is 8. The first-order valence-electron chi connectivity index (χ1n) is 16.8. The summed E-state index contributed by atoms with van der Waals surface area (Å²) in [4.78, 5) is 43.2. The van der Waals surface area contributed by atoms with Crippen molar-refractivity contribution < 1.29 is 36.6 Å². The van der Waals surface area contributed by atoms with Crippen LogP contribution in [0.15, 0.2) is 70.3 Å². The number of aromatic nitrogens is 3. The third kappa shape index (κ3) is 7.17. The van der Waals surface area contributed by atoms with Crippen molar-refractivity contribution in [3.05, 3.63) is 88.4 Å². The number of rotatable bonds is 10. The molecule has 2 aromatic carbocycles. The summed E-state index contributed by atoms with van der Waals surface area (Å²) in [5.74, 6) is 0.390. The van der Waals surface area contributed by atoms with Gasteiger partial charge >= 0.3 is 12.3 Å². The van der Waals surface area contributed by atoms with Crippen LogP contribution in [-0.4, -0.2) is 76.4 Å². The van der Waals surface area contributed by atoms with E-state index < -0.39 is 36.2 Å². The minimum atomic E-state index is -4.58. The van der Waals surface area contributed by atoms with Gasteiger partial charge in [0.1, 0.15) is 18.8 Å². The molecule has 0 N–H and O–H groups in total. The van der Waals surface area contributed by atoms with E-state index >= 15 is 0 Å². The molecule has 3 aliphatic heterocycles. The fraction of sp³-hybridized carbons (Fsp3) is 0.351. The third-order valence-electron chi connectivity index (χ3n) is 9.50. The van der Waals surface area contributed by atoms with E-state index in [2.05, 4.69) is 25.4 Å². The Morgan fingerprint density at radius 3 is 2.49 bits per heavy atom. The lowest BCUT2D eigenvalue weighted by molar-refractivity contribution is -0.137. The van der Waals surface area contributed by atoms with Crippen molar-refractivity contribution in [2.45, 2.75) is 58.2 Å². The molecule has 0 unspecified atom stereocenters. The van der Waals surface area contributed by atoms with E-state index in [0.717, 1.165) is 23.3 Å². The number of anilines is 1. The minimum Gasteiger partial charge on any atom is -0.481 e. The van der Waals surface area contributed by atoms with Gasteiger partial charge in [-0.05, 0) is 67.0 Å². The second-order valence-corrected chi connectivity index (χ2v) is 13.3. The minimum absolute atomic E-state index is 0.106. The van der Waals surface area contributed by atoms with Crippen molar-refractivity contribution in [3.63, 3.8) is 0 Å². The summed E-state index contributed by atoms with van der Waals surface area (Å²) in [7, 11) is 1.46. The van der Waals surface area contributed by atoms with Crippen LogP contribution in [0.4, 0.5) is 28.3 Å². The molecule has 2 aromatic heterocycles. The fourth-order valence-electron chi connectivity index (χ4n) is 6.69. The van der Waals surface area contributed by atoms with Crippen molar-refractivity contribution in [1.29, 1.82) is 0 Å². The number of carbonyl (C=O) groups excluding carboxylic acids is 2. The molecule has 0 aliphatic carbocycles. The van der Waals surface area contributed by atoms with Crippen molar-refractivity contribution in [1.82, 2.24) is 19.9 Å². The summed E-state index contributed by atoms with van der Waals surface area (Å²) in [5, 5.41) is 11.3. The molecule has 0 saturated carbocycles. The Hall–Kier alpha value is -5.80. The molecule has 2 atom stereocenters. The second kappa shape index (κ2) is 14.0. The Balaban J connectivity index is 1.23. The summed E-state index contributed by atoms with van der Waals surface area (Å²) in [5.41, 5.74) is 4.51. The van der Waals surface area contributed by atoms with Gasteiger partial charge < -0.3 is 14.4 Å². The quantitative estimate of drug-likeness (QED) is 0.121. The average Bonchev–Trinajstić information content (AvgIpc) is 3.73. The molecule has 5 heterocycles. The number of pyridine rings is 1. The van der Waals surface area contributed by atoms with E-state index in [-0.39, 0.29) is 49.2 Å². The van der Waals surface area contributed by atoms with Crippen LogP contribution in [0.1, 0.15) is 57.8 Å². The van der Waals surface area contributed by atoms with Crippen LogP contribution in [0.25, 0.3) is 22.3 Å². The predicted molar refractivity (Wildman–Crippen MR) is 186 cm³/mol. The fourth-order valence-corrected chi connectivity index (χ4v) is 6.69. The summed E-state index contributed by atoms with van der Waals surface area (Å²) in [6.07, 6.45) is -4.00. The summed E-state index contributed by atoms with van der Waals surface area (Å²) < 4.78 is 66.2. The van der Waals surface area contributed by atoms with Gasteiger partial charge in [0, 0.05) is 34.6 Å². The monoisotopic (exact) mass is 730 g/mol. The highest BCUT2D eigenvalue weighted by molar-refractivity contribution is 6.10. The van der Waals surface area contributed by atoms with Gasteiger partial charge in [-0.2, -0.15) is 18.3 Å². The van der Waals surface area contributed by atoms with Crippen LogP contribution in [0.5, 0.6) is 5.88 Å². The number of hydrogen-bond donors (Lipinski definition) is 0. The number of aryl methyl sites for hydroxylation is 2. The van der Waals surface area contributed by atoms with Gasteiger partial charge in [-0.1, -0.05) is 23.8 Å². The van der Waals surface area contributed by atoms with Gasteiger partial charge in [-0.25, -0.2) is 24.1 Å². The summed E-state index contributed by atoms with van der Waals surface area (Å²) >= 11 is 0. The topological polar surface area (TPSA) is 135 Å². The van der Waals surface area contributed by atoms with E-state index in [0.29, 0.717) is 45.8 Å². The van der Waals surface area contributed by atoms with Crippen molar-refractivity contribution in [2.75, 3.05) is 31.6 Å². The number of benzene rings is 2. The second-order valence-electron chi connectivity index (χ2n) is 13.3. The zero-order valence-corrected chi connectivity index (χ0v) is 29.2. The zero-order valence-electron chi connectivity index (χ0n) is 29.2. The van der Waals surface area contributed by atoms with Crippen LogP contribution in [0.2, 0.25) is 0 Å². The van der Waals surface area contributed by atoms with Crippen LogP contribution < -0.4 is 9.64 Å². The molecule has 53 heavy (non-hydrogen) atoms. The number of cyclic esters (lactones) is 1. The third-order valence-corrected chi connectivity index (χ3v) is 9.50. The lowest BCUT2D eigenvalue weighted by Crippen LogP contribution is -2.49. The van der Waals surface area contributed by atoms with Gasteiger partial charge in [0.25, 0.3) is 0 Å². The van der Waals surface area contributed by atoms with Crippen molar-refractivity contribution >= 4 is 23.5 Å². The lowest BCUT2D eigenvalue weighted by atomic mass is 9.95. The van der Waals surface area contributed by atoms with Gasteiger partial charge in [0.05, 0.1) is 56.2 Å². The molecule has 12 nitrogen and oxygen atoms in total. The number of alkyl halides is 4. The molecule has 2 saturated heterocycles. The number of ketones is 1. The van der Waals surface area contributed by atoms with Crippen LogP contribution in [0, 0.1) is 13.8 Å². The van der Waals surface area contributed by atoms with Gasteiger partial charge in [0.15, 0.2) is 5.78 Å². The molecule has 16 heteroatoms. The normalized spacial score (nSPS) is 18.6. The molecule has 274 valence electrons. The molecule has 3 aliphatic rings. The summed E-state index contributed by atoms with van der Waals surface area (Å²) in [6.45, 7) is 5.53. The Kier molecular flexibility index (Phi) is 9.38. The highest BCUT2D eigenvalue weighted by Crippen LogP contribution is 2.40. The smallest absolute Gasteiger partial charge is 0.416 e. The van der Waals surface area contributed by atoms with Crippen LogP contribution in [0.3, 0.4) is 0 Å². The number of ether oxygens (including phenoxy) is 2. The number of hydrogen-bond acceptors (Lipinski definition) is 11. The van der Waals surface area contributed by atoms with Crippen LogP contribution >= 0.6 is 0 Å². The van der Waals surface area contributed by atoms with E-state index in [1.807, 2.05) is 19.1 Å². The molecule has 0 radical (unpaired) electrons. The number of halogens is 4. The molecule has 7 rings (SSSR count). The lowest BCUT2D eigenvalue weighted by Gasteiger charge is -2.34. The first-order valence-corrected chi connectivity index (χ1v) is 16.8. The van der Waals surface area contributed by atoms with Crippen LogP contribution in [-0.2, 0) is 17.5 Å². The van der Waals surface area contributed by atoms with Gasteiger partial charge in [-0.3, -0.25) is 9.69 Å². The largest absolute Gasteiger partial charge is 0.481 e. The van der Waals surface area contributed by atoms with Crippen molar-refractivity contribution in [2.24, 2.45) is 15.4 Å². The SMILES string of the molecule is COc1ncc(-c2ccc(C(=O)CC3=NN=NC3)cc2C)cc1-c1cnc(N2CC(F)C2)nc1CN1C(=O)O[C@H](c2cc(C)cc(C(F)(F)F)c2)[C@@H]1C. The highest BCUT2D eigenvalue weighted by atomic mass is 19.4. The maximum atomic E-state index is 13.9. The molecule has 0 bridgehead atoms. The number of carbonyl (C=O) groups is 2. The summed E-state index contributed by atoms with van der Waals surface area (Å²) in [6, 6.07) is 10.1. The van der Waals surface area contributed by atoms with E-state index in [1.165, 1.54) is 12.0 Å². The number of Topliss-reactive ketones (excluding diaryl/α,β-unsaturated/α-hetero) is 1. The Morgan fingerprint density at radius 2 is 1.81 bits per heavy atom. The Bertz CT molecular complexity index is 2170. The molecule has 1 amide bonds. The van der Waals surface area contributed by atoms with Gasteiger partial charge in [0.2, 0.25) is 11.8 Å². The molecule has 2 fully saturated rings. The van der Waals surface area contributed by atoms with Crippen molar-refractivity contribution in [3.8, 4) is 28.1 Å². The van der Waals surface area contributed by atoms with Gasteiger partial charge in [-0.15, -0.1) is 5.10 Å². The first-order chi connectivity index (χ1) is 25.3. The molecule has 4 aromatic rings. The van der Waals surface area contributed by atoms with E-state index in [1.54, 1.807) is 49.3 Å². The Labute approximate surface area is 301 Å². The maximum Gasteiger partial charge on any atom is 0.416 e. The standard InChI is InChI=1S/C37H34F4N8O4/c1-19-7-23(10-25(8-19)37(39,40)41)33-21(3)49(36(51)53-33)18-31-30(15-43-35(45-31)48-16-26(38)17-48)29-11-24(13-42-34(29)52-4)28-6-5-22(9-20(28)2)32(50)12-27-14-44-47-46-27/h5-11,13,15,21,26,33H,12,14,16-18H2,1-4H3/t21-,33-/m0/s1. The molecule has 0 spiro atoms. The highest BCUT2D eigenvalue weighted by Gasteiger charge is 2.42. The number of amides is 1. The Morgan fingerprint density at radius 1 is 1.02 bits per heavy atom. The predicted octanol–water partition coefficient (Wildman–Crippen LogP) is 7.48. The molecular formula is C37H34F4N8O4. The number of methoxy groups -OCH3 is 1. The first kappa shape index (κ1) is 35.6. The van der Waals surface area contributed by atoms with E-state index in [4.69, 9.17) is 14.5 Å². The maximum absolute atomic E-state index is 13.9.